The normalized spacial score (nSPS) is 11.3. The van der Waals surface area contributed by atoms with Gasteiger partial charge in [-0.05, 0) is 69.8 Å². The van der Waals surface area contributed by atoms with Gasteiger partial charge in [-0.2, -0.15) is 0 Å². The summed E-state index contributed by atoms with van der Waals surface area (Å²) >= 11 is 3.53. The van der Waals surface area contributed by atoms with E-state index in [1.54, 1.807) is 0 Å². The minimum absolute atomic E-state index is 1.09. The van der Waals surface area contributed by atoms with Gasteiger partial charge in [-0.15, -0.1) is 0 Å². The van der Waals surface area contributed by atoms with E-state index in [0.29, 0.717) is 0 Å². The molecule has 0 atom stereocenters. The number of nitrogens with zero attached hydrogens (tertiary/aromatic N) is 1. The van der Waals surface area contributed by atoms with Crippen LogP contribution >= 0.6 is 15.9 Å². The first-order chi connectivity index (χ1) is 18.7. The molecule has 0 aliphatic heterocycles. The van der Waals surface area contributed by atoms with Crippen LogP contribution in [0, 0.1) is 0 Å². The summed E-state index contributed by atoms with van der Waals surface area (Å²) in [5.41, 5.74) is 10.9. The van der Waals surface area contributed by atoms with Crippen molar-refractivity contribution in [1.29, 1.82) is 0 Å². The lowest BCUT2D eigenvalue weighted by molar-refractivity contribution is 1.18. The van der Waals surface area contributed by atoms with E-state index < -0.39 is 0 Å². The van der Waals surface area contributed by atoms with Crippen LogP contribution < -0.4 is 0 Å². The number of para-hydroxylation sites is 1. The highest BCUT2D eigenvalue weighted by Gasteiger charge is 2.13. The largest absolute Gasteiger partial charge is 0.309 e. The van der Waals surface area contributed by atoms with Gasteiger partial charge >= 0.3 is 0 Å². The summed E-state index contributed by atoms with van der Waals surface area (Å²) in [5, 5.41) is 2.54. The first kappa shape index (κ1) is 22.8. The molecular formula is C36H24BrN. The van der Waals surface area contributed by atoms with Gasteiger partial charge in [0.15, 0.2) is 0 Å². The van der Waals surface area contributed by atoms with E-state index in [9.17, 15) is 0 Å². The molecule has 0 aliphatic rings. The van der Waals surface area contributed by atoms with Gasteiger partial charge in [0.2, 0.25) is 0 Å². The standard InChI is InChI=1S/C36H24BrN/c37-31-19-14-27(15-20-31)26-10-12-29(13-11-26)30-18-23-34-33-8-4-5-9-35(33)38(36(34)24-30)32-21-16-28(17-22-32)25-6-2-1-3-7-25/h1-24H. The first-order valence-corrected chi connectivity index (χ1v) is 13.6. The zero-order chi connectivity index (χ0) is 25.5. The Labute approximate surface area is 230 Å². The molecule has 1 nitrogen and oxygen atoms in total. The van der Waals surface area contributed by atoms with E-state index in [1.807, 2.05) is 0 Å². The molecule has 0 saturated carbocycles. The molecule has 0 bridgehead atoms. The molecule has 7 aromatic rings. The first-order valence-electron chi connectivity index (χ1n) is 12.8. The molecule has 0 N–H and O–H groups in total. The second-order valence-electron chi connectivity index (χ2n) is 9.58. The van der Waals surface area contributed by atoms with Gasteiger partial charge in [-0.25, -0.2) is 0 Å². The molecule has 7 rings (SSSR count). The van der Waals surface area contributed by atoms with Crippen molar-refractivity contribution in [1.82, 2.24) is 4.57 Å². The van der Waals surface area contributed by atoms with Crippen LogP contribution in [0.5, 0.6) is 0 Å². The highest BCUT2D eigenvalue weighted by molar-refractivity contribution is 9.10. The second kappa shape index (κ2) is 9.48. The fraction of sp³-hybridized carbons (Fsp3) is 0. The van der Waals surface area contributed by atoms with Crippen LogP contribution in [0.4, 0.5) is 0 Å². The molecule has 0 fully saturated rings. The maximum atomic E-state index is 3.53. The van der Waals surface area contributed by atoms with E-state index in [-0.39, 0.29) is 0 Å². The minimum Gasteiger partial charge on any atom is -0.309 e. The van der Waals surface area contributed by atoms with Crippen molar-refractivity contribution >= 4 is 37.7 Å². The maximum absolute atomic E-state index is 3.53. The van der Waals surface area contributed by atoms with Crippen molar-refractivity contribution in [3.8, 4) is 39.1 Å². The smallest absolute Gasteiger partial charge is 0.0547 e. The lowest BCUT2D eigenvalue weighted by Gasteiger charge is -2.11. The molecule has 6 aromatic carbocycles. The van der Waals surface area contributed by atoms with Gasteiger partial charge in [-0.1, -0.05) is 125 Å². The van der Waals surface area contributed by atoms with Crippen molar-refractivity contribution in [2.75, 3.05) is 0 Å². The van der Waals surface area contributed by atoms with Crippen LogP contribution in [0.1, 0.15) is 0 Å². The molecule has 0 spiro atoms. The number of fused-ring (bicyclic) bond motifs is 3. The van der Waals surface area contributed by atoms with Crippen LogP contribution in [0.3, 0.4) is 0 Å². The topological polar surface area (TPSA) is 4.93 Å². The van der Waals surface area contributed by atoms with Crippen LogP contribution in [0.15, 0.2) is 150 Å². The quantitative estimate of drug-likeness (QED) is 0.205. The lowest BCUT2D eigenvalue weighted by atomic mass is 9.99. The molecular weight excluding hydrogens is 526 g/mol. The van der Waals surface area contributed by atoms with Gasteiger partial charge in [0.1, 0.15) is 0 Å². The number of aromatic nitrogens is 1. The molecule has 180 valence electrons. The van der Waals surface area contributed by atoms with Crippen LogP contribution in [0.25, 0.3) is 60.9 Å². The molecule has 38 heavy (non-hydrogen) atoms. The predicted octanol–water partition coefficient (Wildman–Crippen LogP) is 10.5. The summed E-state index contributed by atoms with van der Waals surface area (Å²) < 4.78 is 3.48. The van der Waals surface area contributed by atoms with Crippen LogP contribution in [0.2, 0.25) is 0 Å². The van der Waals surface area contributed by atoms with Crippen molar-refractivity contribution in [3.63, 3.8) is 0 Å². The molecule has 0 amide bonds. The molecule has 0 aliphatic carbocycles. The van der Waals surface area contributed by atoms with E-state index in [2.05, 4.69) is 166 Å². The monoisotopic (exact) mass is 549 g/mol. The van der Waals surface area contributed by atoms with Crippen LogP contribution in [-0.4, -0.2) is 4.57 Å². The Hall–Kier alpha value is -4.40. The van der Waals surface area contributed by atoms with E-state index in [4.69, 9.17) is 0 Å². The molecule has 0 unspecified atom stereocenters. The summed E-state index contributed by atoms with van der Waals surface area (Å²) in [4.78, 5) is 0. The summed E-state index contributed by atoms with van der Waals surface area (Å²) in [7, 11) is 0. The van der Waals surface area contributed by atoms with Gasteiger partial charge in [-0.3, -0.25) is 0 Å². The SMILES string of the molecule is Brc1ccc(-c2ccc(-c3ccc4c5ccccc5n(-c5ccc(-c6ccccc6)cc5)c4c3)cc2)cc1. The molecule has 0 radical (unpaired) electrons. The average Bonchev–Trinajstić information content (AvgIpc) is 3.32. The number of hydrogen-bond donors (Lipinski definition) is 0. The third-order valence-electron chi connectivity index (χ3n) is 7.30. The van der Waals surface area contributed by atoms with Gasteiger partial charge in [0.25, 0.3) is 0 Å². The third-order valence-corrected chi connectivity index (χ3v) is 7.83. The summed E-state index contributed by atoms with van der Waals surface area (Å²) in [5.74, 6) is 0. The molecule has 2 heteroatoms. The zero-order valence-electron chi connectivity index (χ0n) is 20.7. The Morgan fingerprint density at radius 2 is 0.842 bits per heavy atom. The maximum Gasteiger partial charge on any atom is 0.0547 e. The van der Waals surface area contributed by atoms with E-state index in [0.717, 1.165) is 4.47 Å². The van der Waals surface area contributed by atoms with E-state index >= 15 is 0 Å². The minimum atomic E-state index is 1.09. The zero-order valence-corrected chi connectivity index (χ0v) is 22.3. The Bertz CT molecular complexity index is 1880. The van der Waals surface area contributed by atoms with Crippen molar-refractivity contribution in [2.45, 2.75) is 0 Å². The fourth-order valence-corrected chi connectivity index (χ4v) is 5.62. The number of halogens is 1. The number of benzene rings is 6. The number of hydrogen-bond acceptors (Lipinski definition) is 0. The number of rotatable bonds is 4. The van der Waals surface area contributed by atoms with Crippen molar-refractivity contribution in [3.05, 3.63) is 150 Å². The van der Waals surface area contributed by atoms with Crippen LogP contribution in [-0.2, 0) is 0 Å². The third kappa shape index (κ3) is 4.04. The summed E-state index contributed by atoms with van der Waals surface area (Å²) in [6, 6.07) is 52.3. The molecule has 1 heterocycles. The highest BCUT2D eigenvalue weighted by atomic mass is 79.9. The Balaban J connectivity index is 1.33. The van der Waals surface area contributed by atoms with Gasteiger partial charge < -0.3 is 4.57 Å². The Morgan fingerprint density at radius 3 is 1.53 bits per heavy atom. The van der Waals surface area contributed by atoms with Crippen molar-refractivity contribution in [2.24, 2.45) is 0 Å². The Morgan fingerprint density at radius 1 is 0.368 bits per heavy atom. The van der Waals surface area contributed by atoms with Crippen molar-refractivity contribution < 1.29 is 0 Å². The Kier molecular flexibility index (Phi) is 5.68. The van der Waals surface area contributed by atoms with Gasteiger partial charge in [0, 0.05) is 20.9 Å². The second-order valence-corrected chi connectivity index (χ2v) is 10.5. The average molecular weight is 550 g/mol. The fourth-order valence-electron chi connectivity index (χ4n) is 5.36. The summed E-state index contributed by atoms with van der Waals surface area (Å²) in [6.45, 7) is 0. The predicted molar refractivity (Wildman–Crippen MR) is 165 cm³/mol. The van der Waals surface area contributed by atoms with Gasteiger partial charge in [0.05, 0.1) is 11.0 Å². The summed E-state index contributed by atoms with van der Waals surface area (Å²) in [6.07, 6.45) is 0. The van der Waals surface area contributed by atoms with E-state index in [1.165, 1.54) is 60.9 Å². The lowest BCUT2D eigenvalue weighted by Crippen LogP contribution is -1.94. The molecule has 1 aromatic heterocycles. The molecule has 0 saturated heterocycles. The highest BCUT2D eigenvalue weighted by Crippen LogP contribution is 2.36.